The number of nitrogens with zero attached hydrogens (tertiary/aromatic N) is 7. The Morgan fingerprint density at radius 1 is 1.00 bits per heavy atom. The molecule has 0 spiro atoms. The molecule has 0 radical (unpaired) electrons. The van der Waals surface area contributed by atoms with Gasteiger partial charge in [0.25, 0.3) is 5.91 Å². The van der Waals surface area contributed by atoms with E-state index in [0.717, 1.165) is 90.6 Å². The van der Waals surface area contributed by atoms with Gasteiger partial charge in [0.2, 0.25) is 5.95 Å². The van der Waals surface area contributed by atoms with Gasteiger partial charge in [-0.05, 0) is 42.2 Å². The number of morpholine rings is 1. The van der Waals surface area contributed by atoms with Crippen LogP contribution in [0.2, 0.25) is 0 Å². The fourth-order valence-electron chi connectivity index (χ4n) is 6.16. The number of aromatic nitrogens is 6. The van der Waals surface area contributed by atoms with Gasteiger partial charge in [0.1, 0.15) is 5.75 Å². The molecule has 7 rings (SSSR count). The lowest BCUT2D eigenvalue weighted by Crippen LogP contribution is -2.41. The van der Waals surface area contributed by atoms with Crippen molar-refractivity contribution in [2.75, 3.05) is 51.8 Å². The van der Waals surface area contributed by atoms with E-state index < -0.39 is 0 Å². The molecular weight excluding hydrogens is 582 g/mol. The fourth-order valence-corrected chi connectivity index (χ4v) is 6.16. The summed E-state index contributed by atoms with van der Waals surface area (Å²) in [5, 5.41) is 15.5. The van der Waals surface area contributed by atoms with Crippen LogP contribution in [-0.4, -0.2) is 86.8 Å². The number of rotatable bonds is 9. The molecule has 12 heteroatoms. The van der Waals surface area contributed by atoms with Gasteiger partial charge in [0.05, 0.1) is 49.3 Å². The van der Waals surface area contributed by atoms with Crippen LogP contribution in [0.3, 0.4) is 0 Å². The van der Waals surface area contributed by atoms with Crippen LogP contribution in [0.1, 0.15) is 21.6 Å². The van der Waals surface area contributed by atoms with Crippen LogP contribution in [0.15, 0.2) is 61.1 Å². The number of carbonyl (C=O) groups is 1. The first kappa shape index (κ1) is 29.6. The normalized spacial score (nSPS) is 14.4. The molecule has 1 fully saturated rings. The van der Waals surface area contributed by atoms with Crippen molar-refractivity contribution < 1.29 is 14.3 Å². The van der Waals surface area contributed by atoms with Gasteiger partial charge < -0.3 is 20.1 Å². The topological polar surface area (TPSA) is 124 Å². The minimum absolute atomic E-state index is 0.145. The summed E-state index contributed by atoms with van der Waals surface area (Å²) in [6.45, 7) is 4.60. The first-order chi connectivity index (χ1) is 22.5. The lowest BCUT2D eigenvalue weighted by Gasteiger charge is -2.26. The van der Waals surface area contributed by atoms with Crippen molar-refractivity contribution in [3.8, 4) is 39.4 Å². The Morgan fingerprint density at radius 3 is 2.57 bits per heavy atom. The van der Waals surface area contributed by atoms with Crippen LogP contribution in [0.5, 0.6) is 5.75 Å². The van der Waals surface area contributed by atoms with Gasteiger partial charge in [-0.25, -0.2) is 9.97 Å². The molecule has 3 aromatic heterocycles. The second-order valence-corrected chi connectivity index (χ2v) is 11.6. The summed E-state index contributed by atoms with van der Waals surface area (Å²) in [4.78, 5) is 24.8. The van der Waals surface area contributed by atoms with E-state index in [-0.39, 0.29) is 5.91 Å². The van der Waals surface area contributed by atoms with Crippen molar-refractivity contribution in [2.24, 2.45) is 14.1 Å². The van der Waals surface area contributed by atoms with Gasteiger partial charge in [-0.3, -0.25) is 19.1 Å². The number of carbonyl (C=O) groups excluding carboxylic acids is 1. The Balaban J connectivity index is 1.11. The average Bonchev–Trinajstić information content (AvgIpc) is 3.67. The highest BCUT2D eigenvalue weighted by Gasteiger charge is 2.27. The van der Waals surface area contributed by atoms with E-state index in [1.54, 1.807) is 23.9 Å². The number of benzene rings is 2. The first-order valence-corrected chi connectivity index (χ1v) is 15.5. The summed E-state index contributed by atoms with van der Waals surface area (Å²) < 4.78 is 14.8. The number of hydrogen-bond donors (Lipinski definition) is 2. The minimum atomic E-state index is -0.145. The van der Waals surface area contributed by atoms with Crippen LogP contribution >= 0.6 is 0 Å². The Hall–Kier alpha value is -5.07. The molecule has 1 saturated heterocycles. The Labute approximate surface area is 267 Å². The van der Waals surface area contributed by atoms with Gasteiger partial charge in [-0.15, -0.1) is 0 Å². The SMILES string of the molecule is COc1cc(C(=O)NCCN2CCOCC2)ccc1Nc1ncc2c(n1)-c1c(nn(C)c1-c1ccc(-c3cnn(C)c3)cc1)CC2. The summed E-state index contributed by atoms with van der Waals surface area (Å²) in [6.07, 6.45) is 7.40. The average molecular weight is 620 g/mol. The molecule has 1 aliphatic carbocycles. The third-order valence-corrected chi connectivity index (χ3v) is 8.58. The van der Waals surface area contributed by atoms with Crippen molar-refractivity contribution in [2.45, 2.75) is 12.8 Å². The van der Waals surface area contributed by atoms with Crippen molar-refractivity contribution >= 4 is 17.5 Å². The summed E-state index contributed by atoms with van der Waals surface area (Å²) >= 11 is 0. The largest absolute Gasteiger partial charge is 0.495 e. The number of methoxy groups -OCH3 is 1. The van der Waals surface area contributed by atoms with Crippen molar-refractivity contribution in [3.63, 3.8) is 0 Å². The highest BCUT2D eigenvalue weighted by Crippen LogP contribution is 2.40. The van der Waals surface area contributed by atoms with Crippen LogP contribution < -0.4 is 15.4 Å². The molecule has 5 aromatic rings. The second kappa shape index (κ2) is 12.7. The predicted molar refractivity (Wildman–Crippen MR) is 175 cm³/mol. The van der Waals surface area contributed by atoms with E-state index in [1.165, 1.54) is 0 Å². The van der Waals surface area contributed by atoms with Crippen molar-refractivity contribution in [1.82, 2.24) is 39.7 Å². The van der Waals surface area contributed by atoms with Crippen molar-refractivity contribution in [3.05, 3.63) is 77.9 Å². The molecule has 12 nitrogen and oxygen atoms in total. The van der Waals surface area contributed by atoms with Crippen LogP contribution in [0.25, 0.3) is 33.6 Å². The Bertz CT molecular complexity index is 1870. The van der Waals surface area contributed by atoms with Gasteiger partial charge in [0.15, 0.2) is 0 Å². The molecule has 0 bridgehead atoms. The number of fused-ring (bicyclic) bond motifs is 3. The van der Waals surface area contributed by atoms with E-state index in [4.69, 9.17) is 19.6 Å². The zero-order valence-corrected chi connectivity index (χ0v) is 26.3. The van der Waals surface area contributed by atoms with Gasteiger partial charge in [0, 0.05) is 74.9 Å². The van der Waals surface area contributed by atoms with E-state index in [2.05, 4.69) is 49.9 Å². The highest BCUT2D eigenvalue weighted by atomic mass is 16.5. The van der Waals surface area contributed by atoms with Gasteiger partial charge >= 0.3 is 0 Å². The maximum Gasteiger partial charge on any atom is 0.251 e. The van der Waals surface area contributed by atoms with Crippen molar-refractivity contribution in [1.29, 1.82) is 0 Å². The maximum atomic E-state index is 12.9. The molecule has 4 heterocycles. The standard InChI is InChI=1S/C34H37N9O3/c1-41-21-26(20-37-41)22-4-6-23(7-5-22)32-30-28(40-42(32)2)11-9-25-19-36-34(39-31(25)30)38-27-10-8-24(18-29(27)45-3)33(44)35-12-13-43-14-16-46-17-15-43/h4-8,10,18-21H,9,11-17H2,1-3H3,(H,35,44)(H,36,38,39). The summed E-state index contributed by atoms with van der Waals surface area (Å²) in [7, 11) is 5.48. The Morgan fingerprint density at radius 2 is 1.80 bits per heavy atom. The lowest BCUT2D eigenvalue weighted by atomic mass is 9.91. The van der Waals surface area contributed by atoms with E-state index in [0.29, 0.717) is 29.5 Å². The number of amides is 1. The molecule has 1 amide bonds. The highest BCUT2D eigenvalue weighted by molar-refractivity contribution is 5.95. The third kappa shape index (κ3) is 5.96. The van der Waals surface area contributed by atoms with E-state index in [1.807, 2.05) is 43.4 Å². The maximum absolute atomic E-state index is 12.9. The number of aryl methyl sites for hydroxylation is 4. The number of ether oxygens (including phenoxy) is 2. The minimum Gasteiger partial charge on any atom is -0.495 e. The van der Waals surface area contributed by atoms with E-state index >= 15 is 0 Å². The summed E-state index contributed by atoms with van der Waals surface area (Å²) in [5.74, 6) is 0.821. The predicted octanol–water partition coefficient (Wildman–Crippen LogP) is 3.86. The number of anilines is 2. The monoisotopic (exact) mass is 619 g/mol. The molecular formula is C34H37N9O3. The molecule has 1 aliphatic heterocycles. The molecule has 2 aliphatic rings. The number of nitrogens with one attached hydrogen (secondary N) is 2. The van der Waals surface area contributed by atoms with E-state index in [9.17, 15) is 4.79 Å². The Kier molecular flexibility index (Phi) is 8.20. The van der Waals surface area contributed by atoms with Gasteiger partial charge in [-0.2, -0.15) is 10.2 Å². The number of hydrogen-bond acceptors (Lipinski definition) is 9. The zero-order valence-electron chi connectivity index (χ0n) is 26.3. The molecule has 46 heavy (non-hydrogen) atoms. The molecule has 2 N–H and O–H groups in total. The molecule has 0 saturated carbocycles. The lowest BCUT2D eigenvalue weighted by molar-refractivity contribution is 0.0383. The van der Waals surface area contributed by atoms with Crippen LogP contribution in [-0.2, 0) is 31.7 Å². The van der Waals surface area contributed by atoms with Gasteiger partial charge in [-0.1, -0.05) is 24.3 Å². The molecule has 2 aromatic carbocycles. The smallest absolute Gasteiger partial charge is 0.251 e. The summed E-state index contributed by atoms with van der Waals surface area (Å²) in [6, 6.07) is 13.8. The van der Waals surface area contributed by atoms with Crippen LogP contribution in [0.4, 0.5) is 11.6 Å². The summed E-state index contributed by atoms with van der Waals surface area (Å²) in [5.41, 5.74) is 9.44. The van der Waals surface area contributed by atoms with Crippen LogP contribution in [0, 0.1) is 0 Å². The third-order valence-electron chi connectivity index (χ3n) is 8.58. The molecule has 0 atom stereocenters. The quantitative estimate of drug-likeness (QED) is 0.253. The zero-order chi connectivity index (χ0) is 31.6. The molecule has 236 valence electrons. The second-order valence-electron chi connectivity index (χ2n) is 11.6. The fraction of sp³-hybridized carbons (Fsp3) is 0.324. The first-order valence-electron chi connectivity index (χ1n) is 15.5. The molecule has 0 unspecified atom stereocenters.